The Hall–Kier alpha value is -3.13. The average molecular weight is 481 g/mol. The van der Waals surface area contributed by atoms with E-state index in [0.29, 0.717) is 24.7 Å². The molecule has 1 atom stereocenters. The van der Waals surface area contributed by atoms with Gasteiger partial charge in [-0.3, -0.25) is 9.59 Å². The zero-order chi connectivity index (χ0) is 23.8. The molecule has 2 aromatic carbocycles. The largest absolute Gasteiger partial charge is 0.489 e. The van der Waals surface area contributed by atoms with Gasteiger partial charge >= 0.3 is 0 Å². The monoisotopic (exact) mass is 480 g/mol. The minimum atomic E-state index is -0.439. The van der Waals surface area contributed by atoms with Crippen molar-refractivity contribution in [2.24, 2.45) is 0 Å². The summed E-state index contributed by atoms with van der Waals surface area (Å²) in [6, 6.07) is 17.1. The Morgan fingerprint density at radius 2 is 1.76 bits per heavy atom. The summed E-state index contributed by atoms with van der Waals surface area (Å²) >= 11 is 5.50. The standard InChI is InChI=1S/C26H32N4O3S/c31-24(29-14-6-7-15-29)18-30-16-5-4-13-23(25(30)32)28-26(34)27-21-11-8-12-22(17-21)33-19-20-9-2-1-3-10-20/h1-3,8-12,17,23H,4-7,13-16,18-19H2,(H2,27,28,34)/t23-/m0/s1. The molecule has 2 fully saturated rings. The van der Waals surface area contributed by atoms with E-state index in [2.05, 4.69) is 10.6 Å². The first-order valence-corrected chi connectivity index (χ1v) is 12.4. The predicted molar refractivity (Wildman–Crippen MR) is 137 cm³/mol. The molecular formula is C26H32N4O3S. The molecule has 8 heteroatoms. The van der Waals surface area contributed by atoms with Crippen LogP contribution in [0.25, 0.3) is 0 Å². The molecule has 7 nitrogen and oxygen atoms in total. The van der Waals surface area contributed by atoms with Crippen molar-refractivity contribution in [3.8, 4) is 5.75 Å². The van der Waals surface area contributed by atoms with Crippen molar-refractivity contribution < 1.29 is 14.3 Å². The lowest BCUT2D eigenvalue weighted by Crippen LogP contribution is -2.51. The second-order valence-electron chi connectivity index (χ2n) is 8.80. The highest BCUT2D eigenvalue weighted by atomic mass is 32.1. The molecule has 0 saturated carbocycles. The van der Waals surface area contributed by atoms with Crippen molar-refractivity contribution >= 4 is 34.8 Å². The number of nitrogens with one attached hydrogen (secondary N) is 2. The van der Waals surface area contributed by atoms with E-state index in [1.54, 1.807) is 4.90 Å². The predicted octanol–water partition coefficient (Wildman–Crippen LogP) is 3.56. The third kappa shape index (κ3) is 6.70. The summed E-state index contributed by atoms with van der Waals surface area (Å²) in [6.07, 6.45) is 4.57. The molecule has 0 bridgehead atoms. The number of carbonyl (C=O) groups excluding carboxylic acids is 2. The van der Waals surface area contributed by atoms with Crippen LogP contribution < -0.4 is 15.4 Å². The fourth-order valence-electron chi connectivity index (χ4n) is 4.36. The lowest BCUT2D eigenvalue weighted by atomic mass is 10.1. The summed E-state index contributed by atoms with van der Waals surface area (Å²) in [5.41, 5.74) is 1.88. The number of carbonyl (C=O) groups is 2. The second kappa shape index (κ2) is 11.8. The molecule has 2 aliphatic rings. The van der Waals surface area contributed by atoms with Crippen LogP contribution in [0.4, 0.5) is 5.69 Å². The van der Waals surface area contributed by atoms with E-state index in [9.17, 15) is 9.59 Å². The maximum Gasteiger partial charge on any atom is 0.245 e. The van der Waals surface area contributed by atoms with Crippen LogP contribution in [0.5, 0.6) is 5.75 Å². The summed E-state index contributed by atoms with van der Waals surface area (Å²) in [6.45, 7) is 2.83. The van der Waals surface area contributed by atoms with Gasteiger partial charge in [-0.15, -0.1) is 0 Å². The van der Waals surface area contributed by atoms with Gasteiger partial charge < -0.3 is 25.2 Å². The van der Waals surface area contributed by atoms with Crippen molar-refractivity contribution in [1.29, 1.82) is 0 Å². The minimum absolute atomic E-state index is 0.0412. The van der Waals surface area contributed by atoms with Crippen molar-refractivity contribution in [3.05, 3.63) is 60.2 Å². The maximum atomic E-state index is 13.1. The Bertz CT molecular complexity index is 995. The lowest BCUT2D eigenvalue weighted by molar-refractivity contribution is -0.140. The van der Waals surface area contributed by atoms with Crippen LogP contribution in [0.2, 0.25) is 0 Å². The normalized spacial score (nSPS) is 18.4. The van der Waals surface area contributed by atoms with Crippen LogP contribution in [-0.2, 0) is 16.2 Å². The number of likely N-dealkylation sites (tertiary alicyclic amines) is 2. The molecule has 0 aliphatic carbocycles. The first-order chi connectivity index (χ1) is 16.6. The van der Waals surface area contributed by atoms with Crippen molar-refractivity contribution in [1.82, 2.24) is 15.1 Å². The van der Waals surface area contributed by atoms with Gasteiger partial charge in [0.05, 0.1) is 6.54 Å². The van der Waals surface area contributed by atoms with Crippen LogP contribution in [0.3, 0.4) is 0 Å². The Morgan fingerprint density at radius 1 is 1.00 bits per heavy atom. The highest BCUT2D eigenvalue weighted by molar-refractivity contribution is 7.80. The summed E-state index contributed by atoms with van der Waals surface area (Å²) in [4.78, 5) is 29.3. The van der Waals surface area contributed by atoms with E-state index in [1.165, 1.54) is 0 Å². The van der Waals surface area contributed by atoms with Crippen molar-refractivity contribution in [3.63, 3.8) is 0 Å². The van der Waals surface area contributed by atoms with E-state index >= 15 is 0 Å². The maximum absolute atomic E-state index is 13.1. The number of benzene rings is 2. The third-order valence-electron chi connectivity index (χ3n) is 6.21. The molecule has 0 unspecified atom stereocenters. The molecule has 0 radical (unpaired) electrons. The molecule has 2 amide bonds. The molecule has 2 aromatic rings. The molecule has 2 saturated heterocycles. The average Bonchev–Trinajstić information content (AvgIpc) is 3.34. The Morgan fingerprint density at radius 3 is 2.56 bits per heavy atom. The molecule has 2 heterocycles. The van der Waals surface area contributed by atoms with Gasteiger partial charge in [0.2, 0.25) is 11.8 Å². The van der Waals surface area contributed by atoms with Gasteiger partial charge in [0.25, 0.3) is 0 Å². The van der Waals surface area contributed by atoms with Gasteiger partial charge in [0.1, 0.15) is 18.4 Å². The number of amides is 2. The van der Waals surface area contributed by atoms with Gasteiger partial charge in [-0.1, -0.05) is 36.4 Å². The summed E-state index contributed by atoms with van der Waals surface area (Å²) in [5, 5.41) is 6.71. The quantitative estimate of drug-likeness (QED) is 0.591. The fourth-order valence-corrected chi connectivity index (χ4v) is 4.62. The molecular weight excluding hydrogens is 448 g/mol. The van der Waals surface area contributed by atoms with Crippen LogP contribution >= 0.6 is 12.2 Å². The molecule has 2 aliphatic heterocycles. The van der Waals surface area contributed by atoms with E-state index in [1.807, 2.05) is 59.5 Å². The summed E-state index contributed by atoms with van der Waals surface area (Å²) in [5.74, 6) is 0.711. The van der Waals surface area contributed by atoms with Crippen LogP contribution in [0.15, 0.2) is 54.6 Å². The molecule has 4 rings (SSSR count). The zero-order valence-electron chi connectivity index (χ0n) is 19.4. The number of anilines is 1. The van der Waals surface area contributed by atoms with Gasteiger partial charge in [0, 0.05) is 31.4 Å². The molecule has 0 aromatic heterocycles. The van der Waals surface area contributed by atoms with Crippen molar-refractivity contribution in [2.75, 3.05) is 31.5 Å². The number of nitrogens with zero attached hydrogens (tertiary/aromatic N) is 2. The Labute approximate surface area is 206 Å². The number of ether oxygens (including phenoxy) is 1. The third-order valence-corrected chi connectivity index (χ3v) is 6.43. The van der Waals surface area contributed by atoms with E-state index in [-0.39, 0.29) is 18.4 Å². The van der Waals surface area contributed by atoms with E-state index in [0.717, 1.165) is 55.8 Å². The number of rotatable bonds is 7. The fraction of sp³-hybridized carbons (Fsp3) is 0.423. The van der Waals surface area contributed by atoms with E-state index < -0.39 is 6.04 Å². The second-order valence-corrected chi connectivity index (χ2v) is 9.20. The lowest BCUT2D eigenvalue weighted by Gasteiger charge is -2.27. The van der Waals surface area contributed by atoms with E-state index in [4.69, 9.17) is 17.0 Å². The van der Waals surface area contributed by atoms with Crippen LogP contribution in [0.1, 0.15) is 37.7 Å². The molecule has 34 heavy (non-hydrogen) atoms. The minimum Gasteiger partial charge on any atom is -0.489 e. The molecule has 180 valence electrons. The van der Waals surface area contributed by atoms with Crippen LogP contribution in [0, 0.1) is 0 Å². The Kier molecular flexibility index (Phi) is 8.36. The smallest absolute Gasteiger partial charge is 0.245 e. The SMILES string of the molecule is O=C(CN1CCCC[C@H](NC(=S)Nc2cccc(OCc3ccccc3)c2)C1=O)N1CCCC1. The molecule has 2 N–H and O–H groups in total. The topological polar surface area (TPSA) is 73.9 Å². The highest BCUT2D eigenvalue weighted by Gasteiger charge is 2.30. The van der Waals surface area contributed by atoms with Gasteiger partial charge in [-0.05, 0) is 62.0 Å². The molecule has 0 spiro atoms. The van der Waals surface area contributed by atoms with Crippen LogP contribution in [-0.4, -0.2) is 58.9 Å². The zero-order valence-corrected chi connectivity index (χ0v) is 20.2. The van der Waals surface area contributed by atoms with Gasteiger partial charge in [-0.2, -0.15) is 0 Å². The first-order valence-electron chi connectivity index (χ1n) is 12.0. The number of hydrogen-bond donors (Lipinski definition) is 2. The highest BCUT2D eigenvalue weighted by Crippen LogP contribution is 2.19. The summed E-state index contributed by atoms with van der Waals surface area (Å²) in [7, 11) is 0. The number of hydrogen-bond acceptors (Lipinski definition) is 4. The number of thiocarbonyl (C=S) groups is 1. The van der Waals surface area contributed by atoms with Gasteiger partial charge in [-0.25, -0.2) is 0 Å². The van der Waals surface area contributed by atoms with Crippen molar-refractivity contribution in [2.45, 2.75) is 44.8 Å². The Balaban J connectivity index is 1.30. The first kappa shape index (κ1) is 24.0. The van der Waals surface area contributed by atoms with Gasteiger partial charge in [0.15, 0.2) is 5.11 Å². The summed E-state index contributed by atoms with van der Waals surface area (Å²) < 4.78 is 5.89.